The second-order valence-corrected chi connectivity index (χ2v) is 11.9. The molecule has 2 unspecified atom stereocenters. The number of ether oxygens (including phenoxy) is 4. The molecule has 53 heavy (non-hydrogen) atoms. The van der Waals surface area contributed by atoms with Gasteiger partial charge in [-0.25, -0.2) is 19.0 Å². The molecule has 17 heteroatoms. The number of nitrogens with one attached hydrogen (secondary N) is 2. The van der Waals surface area contributed by atoms with Crippen LogP contribution in [0.1, 0.15) is 34.1 Å². The van der Waals surface area contributed by atoms with Crippen molar-refractivity contribution < 1.29 is 61.1 Å². The Balaban J connectivity index is 1.79. The van der Waals surface area contributed by atoms with Gasteiger partial charge in [-0.15, -0.1) is 0 Å². The van der Waals surface area contributed by atoms with Gasteiger partial charge in [0.15, 0.2) is 17.0 Å². The van der Waals surface area contributed by atoms with Crippen molar-refractivity contribution in [3.8, 4) is 22.8 Å². The second kappa shape index (κ2) is 16.9. The van der Waals surface area contributed by atoms with E-state index in [0.29, 0.717) is 11.6 Å². The van der Waals surface area contributed by atoms with Crippen molar-refractivity contribution in [1.82, 2.24) is 15.6 Å². The fourth-order valence-electron chi connectivity index (χ4n) is 4.97. The zero-order valence-corrected chi connectivity index (χ0v) is 29.2. The van der Waals surface area contributed by atoms with Crippen molar-refractivity contribution in [3.63, 3.8) is 0 Å². The van der Waals surface area contributed by atoms with Crippen molar-refractivity contribution in [1.29, 1.82) is 0 Å². The lowest BCUT2D eigenvalue weighted by atomic mass is 9.87. The number of benzene rings is 3. The van der Waals surface area contributed by atoms with Crippen LogP contribution >= 0.6 is 11.6 Å². The van der Waals surface area contributed by atoms with Crippen molar-refractivity contribution in [2.75, 3.05) is 34.0 Å². The number of halogens is 5. The summed E-state index contributed by atoms with van der Waals surface area (Å²) in [5.74, 6) is -2.90. The number of alkyl carbamates (subject to hydrolysis) is 1. The lowest BCUT2D eigenvalue weighted by Gasteiger charge is -2.33. The molecule has 0 aliphatic rings. The number of esters is 1. The average molecular weight is 764 g/mol. The molecule has 0 fully saturated rings. The molecule has 2 amide bonds. The van der Waals surface area contributed by atoms with Crippen LogP contribution in [0, 0.1) is 5.82 Å². The van der Waals surface area contributed by atoms with E-state index in [1.165, 1.54) is 25.3 Å². The minimum absolute atomic E-state index is 0.0334. The first-order valence-electron chi connectivity index (χ1n) is 15.6. The van der Waals surface area contributed by atoms with Gasteiger partial charge in [0.1, 0.15) is 19.0 Å². The first-order valence-corrected chi connectivity index (χ1v) is 16.0. The van der Waals surface area contributed by atoms with Crippen LogP contribution < -0.4 is 20.1 Å². The van der Waals surface area contributed by atoms with Gasteiger partial charge in [0, 0.05) is 11.1 Å². The summed E-state index contributed by atoms with van der Waals surface area (Å²) < 4.78 is 79.6. The van der Waals surface area contributed by atoms with Gasteiger partial charge in [-0.3, -0.25) is 4.79 Å². The SMILES string of the molecule is COC(=O)C(C)(NC(=O)OCc1ccccc1)c1cc(-c2ccc(F)c(Cl)c2)nc(C(O)(CNC(=O)c2ccc(OCCO)c(OC)c2)C(F)(F)F)c1. The quantitative estimate of drug-likeness (QED) is 0.0964. The van der Waals surface area contributed by atoms with E-state index < -0.39 is 58.4 Å². The minimum atomic E-state index is -5.52. The van der Waals surface area contributed by atoms with Crippen LogP contribution in [0.5, 0.6) is 11.5 Å². The number of carbonyl (C=O) groups is 3. The third-order valence-electron chi connectivity index (χ3n) is 7.95. The van der Waals surface area contributed by atoms with Crippen LogP contribution in [0.3, 0.4) is 0 Å². The Hall–Kier alpha value is -5.45. The van der Waals surface area contributed by atoms with Crippen molar-refractivity contribution in [3.05, 3.63) is 112 Å². The van der Waals surface area contributed by atoms with E-state index >= 15 is 0 Å². The first kappa shape index (κ1) is 40.3. The summed E-state index contributed by atoms with van der Waals surface area (Å²) in [6.45, 7) is -1.03. The number of aliphatic hydroxyl groups is 2. The minimum Gasteiger partial charge on any atom is -0.493 e. The zero-order chi connectivity index (χ0) is 39.0. The maximum Gasteiger partial charge on any atom is 0.424 e. The molecule has 4 rings (SSSR count). The van der Waals surface area contributed by atoms with Crippen LogP contribution in [0.4, 0.5) is 22.4 Å². The van der Waals surface area contributed by atoms with Gasteiger partial charge in [-0.05, 0) is 66.6 Å². The third kappa shape index (κ3) is 9.32. The first-order chi connectivity index (χ1) is 25.1. The van der Waals surface area contributed by atoms with Gasteiger partial charge in [0.2, 0.25) is 5.60 Å². The molecule has 4 aromatic rings. The average Bonchev–Trinajstić information content (AvgIpc) is 3.15. The van der Waals surface area contributed by atoms with Crippen molar-refractivity contribution in [2.45, 2.75) is 30.8 Å². The van der Waals surface area contributed by atoms with Crippen molar-refractivity contribution in [2.24, 2.45) is 0 Å². The molecule has 0 saturated heterocycles. The number of aromatic nitrogens is 1. The maximum atomic E-state index is 15.0. The van der Waals surface area contributed by atoms with E-state index in [2.05, 4.69) is 15.6 Å². The van der Waals surface area contributed by atoms with Gasteiger partial charge >= 0.3 is 18.2 Å². The number of rotatable bonds is 14. The van der Waals surface area contributed by atoms with E-state index in [1.807, 2.05) is 0 Å². The molecule has 0 spiro atoms. The summed E-state index contributed by atoms with van der Waals surface area (Å²) >= 11 is 5.97. The molecular formula is C36H34ClF4N3O9. The monoisotopic (exact) mass is 763 g/mol. The number of methoxy groups -OCH3 is 2. The predicted octanol–water partition coefficient (Wildman–Crippen LogP) is 5.42. The molecule has 0 aliphatic carbocycles. The summed E-state index contributed by atoms with van der Waals surface area (Å²) in [6, 6.07) is 17.1. The maximum absolute atomic E-state index is 15.0. The summed E-state index contributed by atoms with van der Waals surface area (Å²) in [5.41, 5.74) is -7.68. The fraction of sp³-hybridized carbons (Fsp3) is 0.278. The van der Waals surface area contributed by atoms with Crippen molar-refractivity contribution >= 4 is 29.6 Å². The molecular weight excluding hydrogens is 730 g/mol. The standard InChI is InChI=1S/C36H34ClF4N3O9/c1-34(32(47)51-3,44-33(48)53-19-21-7-5-4-6-8-21)24-17-27(22-9-11-26(38)25(37)15-22)43-30(18-24)35(49,36(39,40)41)20-42-31(46)23-10-12-28(52-14-13-45)29(16-23)50-2/h4-12,15-18,45,49H,13-14,19-20H2,1-3H3,(H,42,46)(H,44,48). The number of alkyl halides is 3. The number of nitrogens with zero attached hydrogens (tertiary/aromatic N) is 1. The second-order valence-electron chi connectivity index (χ2n) is 11.5. The molecule has 0 aliphatic heterocycles. The summed E-state index contributed by atoms with van der Waals surface area (Å²) in [7, 11) is 2.23. The Bertz CT molecular complexity index is 1950. The molecule has 12 nitrogen and oxygen atoms in total. The van der Waals surface area contributed by atoms with Crippen LogP contribution in [-0.2, 0) is 32.0 Å². The topological polar surface area (TPSA) is 166 Å². The Kier molecular flexibility index (Phi) is 12.9. The van der Waals surface area contributed by atoms with Gasteiger partial charge in [-0.1, -0.05) is 41.9 Å². The molecule has 0 saturated carbocycles. The van der Waals surface area contributed by atoms with Gasteiger partial charge < -0.3 is 39.8 Å². The molecule has 282 valence electrons. The molecule has 3 aromatic carbocycles. The van der Waals surface area contributed by atoms with E-state index in [-0.39, 0.29) is 53.7 Å². The number of amides is 2. The number of hydrogen-bond donors (Lipinski definition) is 4. The summed E-state index contributed by atoms with van der Waals surface area (Å²) in [4.78, 5) is 43.5. The Morgan fingerprint density at radius 2 is 1.66 bits per heavy atom. The van der Waals surface area contributed by atoms with Crippen LogP contribution in [-0.4, -0.2) is 73.3 Å². The Morgan fingerprint density at radius 1 is 0.943 bits per heavy atom. The largest absolute Gasteiger partial charge is 0.493 e. The van der Waals surface area contributed by atoms with Gasteiger partial charge in [-0.2, -0.15) is 13.2 Å². The molecule has 1 heterocycles. The Morgan fingerprint density at radius 3 is 2.28 bits per heavy atom. The highest BCUT2D eigenvalue weighted by Gasteiger charge is 2.57. The lowest BCUT2D eigenvalue weighted by molar-refractivity contribution is -0.265. The fourth-order valence-corrected chi connectivity index (χ4v) is 5.15. The lowest BCUT2D eigenvalue weighted by Crippen LogP contribution is -2.53. The zero-order valence-electron chi connectivity index (χ0n) is 28.4. The molecule has 0 bridgehead atoms. The van der Waals surface area contributed by atoms with E-state index in [9.17, 15) is 37.1 Å². The van der Waals surface area contributed by atoms with E-state index in [0.717, 1.165) is 38.3 Å². The number of carbonyl (C=O) groups excluding carboxylic acids is 3. The summed E-state index contributed by atoms with van der Waals surface area (Å²) in [5, 5.41) is 24.4. The van der Waals surface area contributed by atoms with Crippen LogP contribution in [0.2, 0.25) is 5.02 Å². The third-order valence-corrected chi connectivity index (χ3v) is 8.24. The van der Waals surface area contributed by atoms with Crippen LogP contribution in [0.15, 0.2) is 78.9 Å². The number of pyridine rings is 1. The number of aliphatic hydroxyl groups excluding tert-OH is 1. The molecule has 4 N–H and O–H groups in total. The number of hydrogen-bond acceptors (Lipinski definition) is 10. The van der Waals surface area contributed by atoms with E-state index in [4.69, 9.17) is 35.7 Å². The highest BCUT2D eigenvalue weighted by Crippen LogP contribution is 2.41. The summed E-state index contributed by atoms with van der Waals surface area (Å²) in [6.07, 6.45) is -6.68. The predicted molar refractivity (Wildman–Crippen MR) is 182 cm³/mol. The molecule has 2 atom stereocenters. The highest BCUT2D eigenvalue weighted by atomic mass is 35.5. The van der Waals surface area contributed by atoms with E-state index in [1.54, 1.807) is 30.3 Å². The van der Waals surface area contributed by atoms with Gasteiger partial charge in [0.05, 0.1) is 43.8 Å². The molecule has 1 aromatic heterocycles. The highest BCUT2D eigenvalue weighted by molar-refractivity contribution is 6.31. The Labute approximate surface area is 305 Å². The molecule has 0 radical (unpaired) electrons. The smallest absolute Gasteiger partial charge is 0.424 e. The van der Waals surface area contributed by atoms with Crippen LogP contribution in [0.25, 0.3) is 11.3 Å². The van der Waals surface area contributed by atoms with Gasteiger partial charge in [0.25, 0.3) is 5.91 Å². The normalized spacial score (nSPS) is 13.5.